The molecule has 3 aromatic carbocycles. The second kappa shape index (κ2) is 13.9. The van der Waals surface area contributed by atoms with Crippen LogP contribution >= 0.6 is 0 Å². The van der Waals surface area contributed by atoms with E-state index in [4.69, 9.17) is 13.0 Å². The molecule has 6 rings (SSSR count). The Morgan fingerprint density at radius 1 is 0.932 bits per heavy atom. The van der Waals surface area contributed by atoms with E-state index in [-0.39, 0.29) is 0 Å². The van der Waals surface area contributed by atoms with Crippen molar-refractivity contribution in [2.24, 2.45) is 17.8 Å². The summed E-state index contributed by atoms with van der Waals surface area (Å²) in [4.78, 5) is 0. The minimum Gasteiger partial charge on any atom is -0.115 e. The maximum atomic E-state index is 5.92. The zero-order valence-corrected chi connectivity index (χ0v) is 26.6. The van der Waals surface area contributed by atoms with Crippen LogP contribution in [0, 0.1) is 30.1 Å². The molecule has 224 valence electrons. The van der Waals surface area contributed by atoms with Gasteiger partial charge in [0, 0.05) is 17.4 Å². The Morgan fingerprint density at radius 3 is 2.36 bits per heavy atom. The van der Waals surface area contributed by atoms with E-state index < -0.39 is 0 Å². The monoisotopic (exact) mass is 576 g/mol. The van der Waals surface area contributed by atoms with Crippen molar-refractivity contribution in [2.45, 2.75) is 83.0 Å². The SMILES string of the molecule is C#Cc1ccc(CC2CCC(C(C(=C)CCc3ccccc3)c3ccc(C4=CC(C)C=C4)cc3)CC2)cc1C1CCCC1=C. The van der Waals surface area contributed by atoms with Gasteiger partial charge in [-0.2, -0.15) is 0 Å². The lowest BCUT2D eigenvalue weighted by atomic mass is 9.69. The Morgan fingerprint density at radius 2 is 1.70 bits per heavy atom. The molecular weight excluding hydrogens is 528 g/mol. The summed E-state index contributed by atoms with van der Waals surface area (Å²) in [6.45, 7) is 11.4. The summed E-state index contributed by atoms with van der Waals surface area (Å²) < 4.78 is 0. The van der Waals surface area contributed by atoms with Gasteiger partial charge in [0.25, 0.3) is 0 Å². The molecule has 0 spiro atoms. The smallest absolute Gasteiger partial charge is 0.0280 e. The third-order valence-electron chi connectivity index (χ3n) is 10.7. The minimum absolute atomic E-state index is 0.413. The zero-order chi connectivity index (χ0) is 30.5. The third kappa shape index (κ3) is 6.94. The highest BCUT2D eigenvalue weighted by molar-refractivity contribution is 5.76. The van der Waals surface area contributed by atoms with E-state index in [0.717, 1.165) is 37.2 Å². The topological polar surface area (TPSA) is 0 Å². The molecule has 2 fully saturated rings. The number of benzene rings is 3. The molecule has 0 heteroatoms. The molecule has 0 heterocycles. The Balaban J connectivity index is 1.15. The van der Waals surface area contributed by atoms with Gasteiger partial charge in [-0.3, -0.25) is 0 Å². The fraction of sp³-hybridized carbons (Fsp3) is 0.364. The molecular formula is C44H48. The van der Waals surface area contributed by atoms with Crippen molar-refractivity contribution < 1.29 is 0 Å². The first-order valence-electron chi connectivity index (χ1n) is 17.0. The average molecular weight is 577 g/mol. The molecule has 3 unspecified atom stereocenters. The van der Waals surface area contributed by atoms with Gasteiger partial charge in [0.05, 0.1) is 0 Å². The second-order valence-electron chi connectivity index (χ2n) is 13.7. The summed E-state index contributed by atoms with van der Waals surface area (Å²) in [7, 11) is 0. The van der Waals surface area contributed by atoms with Crippen molar-refractivity contribution in [2.75, 3.05) is 0 Å². The molecule has 2 saturated carbocycles. The fourth-order valence-corrected chi connectivity index (χ4v) is 8.18. The summed E-state index contributed by atoms with van der Waals surface area (Å²) in [6.07, 6.45) is 24.7. The van der Waals surface area contributed by atoms with Crippen LogP contribution in [0.1, 0.15) is 104 Å². The highest BCUT2D eigenvalue weighted by Gasteiger charge is 2.31. The number of hydrogen-bond donors (Lipinski definition) is 0. The molecule has 44 heavy (non-hydrogen) atoms. The summed E-state index contributed by atoms with van der Waals surface area (Å²) in [5.74, 6) is 5.70. The predicted octanol–water partition coefficient (Wildman–Crippen LogP) is 11.4. The molecule has 0 saturated heterocycles. The Hall–Kier alpha value is -3.82. The van der Waals surface area contributed by atoms with Gasteiger partial charge in [0.15, 0.2) is 0 Å². The van der Waals surface area contributed by atoms with Gasteiger partial charge in [-0.1, -0.05) is 122 Å². The number of rotatable bonds is 10. The van der Waals surface area contributed by atoms with Gasteiger partial charge >= 0.3 is 0 Å². The van der Waals surface area contributed by atoms with Crippen LogP contribution in [0.4, 0.5) is 0 Å². The average Bonchev–Trinajstić information content (AvgIpc) is 3.69. The van der Waals surface area contributed by atoms with Gasteiger partial charge in [0.1, 0.15) is 0 Å². The van der Waals surface area contributed by atoms with Crippen molar-refractivity contribution in [1.29, 1.82) is 0 Å². The van der Waals surface area contributed by atoms with Crippen molar-refractivity contribution in [3.8, 4) is 12.3 Å². The van der Waals surface area contributed by atoms with Crippen LogP contribution in [0.5, 0.6) is 0 Å². The maximum Gasteiger partial charge on any atom is 0.0280 e. The molecule has 0 nitrogen and oxygen atoms in total. The molecule has 0 bridgehead atoms. The van der Waals surface area contributed by atoms with Gasteiger partial charge in [-0.05, 0) is 121 Å². The van der Waals surface area contributed by atoms with E-state index >= 15 is 0 Å². The van der Waals surface area contributed by atoms with Crippen LogP contribution in [-0.2, 0) is 12.8 Å². The molecule has 3 aliphatic carbocycles. The van der Waals surface area contributed by atoms with Gasteiger partial charge in [-0.15, -0.1) is 6.42 Å². The van der Waals surface area contributed by atoms with Crippen molar-refractivity contribution in [1.82, 2.24) is 0 Å². The second-order valence-corrected chi connectivity index (χ2v) is 13.7. The predicted molar refractivity (Wildman–Crippen MR) is 189 cm³/mol. The molecule has 0 amide bonds. The third-order valence-corrected chi connectivity index (χ3v) is 10.7. The largest absolute Gasteiger partial charge is 0.115 e. The summed E-state index contributed by atoms with van der Waals surface area (Å²) >= 11 is 0. The van der Waals surface area contributed by atoms with E-state index in [0.29, 0.717) is 23.7 Å². The Kier molecular flexibility index (Phi) is 9.52. The lowest BCUT2D eigenvalue weighted by molar-refractivity contribution is 0.252. The summed E-state index contributed by atoms with van der Waals surface area (Å²) in [5, 5.41) is 0. The van der Waals surface area contributed by atoms with E-state index in [1.54, 1.807) is 0 Å². The zero-order valence-electron chi connectivity index (χ0n) is 26.6. The minimum atomic E-state index is 0.413. The molecule has 3 aromatic rings. The quantitative estimate of drug-likeness (QED) is 0.166. The first-order chi connectivity index (χ1) is 21.5. The molecule has 0 aromatic heterocycles. The van der Waals surface area contributed by atoms with Crippen LogP contribution in [0.2, 0.25) is 0 Å². The number of terminal acetylenes is 1. The standard InChI is InChI=1S/C44H48/c1-5-37-21-19-36(30-43(37)42-13-9-10-32(42)3)29-35-17-22-39(23-18-35)44(33(4)15-16-34-11-7-6-8-12-34)40-26-24-38(25-27-40)41-20-14-31(2)28-41/h1,6-8,11-12,14,19-21,24-28,30-31,35,39,42,44H,3-4,9-10,13,15-18,22-23,29H2,2H3. The van der Waals surface area contributed by atoms with Crippen LogP contribution in [-0.4, -0.2) is 0 Å². The number of aryl methyl sites for hydroxylation is 1. The molecule has 3 atom stereocenters. The van der Waals surface area contributed by atoms with Crippen LogP contribution < -0.4 is 0 Å². The summed E-state index contributed by atoms with van der Waals surface area (Å²) in [5.41, 5.74) is 12.1. The van der Waals surface area contributed by atoms with Gasteiger partial charge in [0.2, 0.25) is 0 Å². The molecule has 0 radical (unpaired) electrons. The Labute approximate surface area is 266 Å². The van der Waals surface area contributed by atoms with Crippen LogP contribution in [0.25, 0.3) is 5.57 Å². The molecule has 0 N–H and O–H groups in total. The first-order valence-corrected chi connectivity index (χ1v) is 17.0. The first kappa shape index (κ1) is 30.2. The fourth-order valence-electron chi connectivity index (χ4n) is 8.18. The maximum absolute atomic E-state index is 5.92. The van der Waals surface area contributed by atoms with Crippen molar-refractivity contribution in [3.63, 3.8) is 0 Å². The van der Waals surface area contributed by atoms with E-state index in [9.17, 15) is 0 Å². The van der Waals surface area contributed by atoms with Crippen LogP contribution in [0.3, 0.4) is 0 Å². The van der Waals surface area contributed by atoms with Gasteiger partial charge in [-0.25, -0.2) is 0 Å². The van der Waals surface area contributed by atoms with Gasteiger partial charge < -0.3 is 0 Å². The number of hydrogen-bond acceptors (Lipinski definition) is 0. The highest BCUT2D eigenvalue weighted by Crippen LogP contribution is 2.45. The van der Waals surface area contributed by atoms with Crippen molar-refractivity contribution in [3.05, 3.63) is 149 Å². The normalized spacial score (nSPS) is 23.7. The highest BCUT2D eigenvalue weighted by atomic mass is 14.4. The van der Waals surface area contributed by atoms with Crippen molar-refractivity contribution >= 4 is 5.57 Å². The molecule has 0 aliphatic heterocycles. The lowest BCUT2D eigenvalue weighted by Gasteiger charge is -2.36. The Bertz CT molecular complexity index is 1560. The van der Waals surface area contributed by atoms with E-state index in [1.807, 2.05) is 0 Å². The van der Waals surface area contributed by atoms with Crippen LogP contribution in [0.15, 0.2) is 115 Å². The summed E-state index contributed by atoms with van der Waals surface area (Å²) in [6, 6.07) is 27.3. The lowest BCUT2D eigenvalue weighted by Crippen LogP contribution is -2.23. The van der Waals surface area contributed by atoms with E-state index in [2.05, 4.69) is 110 Å². The van der Waals surface area contributed by atoms with E-state index in [1.165, 1.54) is 83.1 Å². The number of allylic oxidation sites excluding steroid dienone is 6. The molecule has 3 aliphatic rings.